The average molecular weight is 454 g/mol. The molecule has 3 rings (SSSR count). The van der Waals surface area contributed by atoms with Crippen molar-refractivity contribution in [3.8, 4) is 0 Å². The molecule has 2 atom stereocenters. The molecule has 1 fully saturated rings. The Morgan fingerprint density at radius 1 is 1.03 bits per heavy atom. The average Bonchev–Trinajstić information content (AvgIpc) is 2.82. The maximum Gasteiger partial charge on any atom is 0.254 e. The molecular weight excluding hydrogens is 421 g/mol. The summed E-state index contributed by atoms with van der Waals surface area (Å²) in [5.41, 5.74) is 1.63. The molecule has 0 bridgehead atoms. The lowest BCUT2D eigenvalue weighted by Gasteiger charge is -2.36. The highest BCUT2D eigenvalue weighted by molar-refractivity contribution is 5.98. The van der Waals surface area contributed by atoms with Crippen LogP contribution in [0.1, 0.15) is 59.4 Å². The van der Waals surface area contributed by atoms with Gasteiger partial charge in [0, 0.05) is 24.7 Å². The predicted molar refractivity (Wildman–Crippen MR) is 125 cm³/mol. The van der Waals surface area contributed by atoms with Gasteiger partial charge in [0.25, 0.3) is 11.8 Å². The zero-order valence-corrected chi connectivity index (χ0v) is 19.4. The highest BCUT2D eigenvalue weighted by Crippen LogP contribution is 2.23. The summed E-state index contributed by atoms with van der Waals surface area (Å²) in [6.07, 6.45) is 1.88. The summed E-state index contributed by atoms with van der Waals surface area (Å²) in [5, 5.41) is 5.70. The van der Waals surface area contributed by atoms with Crippen molar-refractivity contribution in [2.45, 2.75) is 52.1 Å². The van der Waals surface area contributed by atoms with E-state index in [-0.39, 0.29) is 29.3 Å². The Kier molecular flexibility index (Phi) is 8.20. The Bertz CT molecular complexity index is 985. The fourth-order valence-corrected chi connectivity index (χ4v) is 4.01. The van der Waals surface area contributed by atoms with Crippen molar-refractivity contribution in [1.82, 2.24) is 15.5 Å². The number of hydrogen-bond donors (Lipinski definition) is 2. The third kappa shape index (κ3) is 6.18. The van der Waals surface area contributed by atoms with Gasteiger partial charge in [-0.3, -0.25) is 14.4 Å². The van der Waals surface area contributed by atoms with Gasteiger partial charge < -0.3 is 15.5 Å². The number of nitrogens with zero attached hydrogens (tertiary/aromatic N) is 1. The van der Waals surface area contributed by atoms with E-state index in [4.69, 9.17) is 0 Å². The molecule has 1 saturated heterocycles. The molecule has 33 heavy (non-hydrogen) atoms. The van der Waals surface area contributed by atoms with Gasteiger partial charge in [0.15, 0.2) is 0 Å². The highest BCUT2D eigenvalue weighted by Gasteiger charge is 2.34. The molecule has 6 nitrogen and oxygen atoms in total. The predicted octanol–water partition coefficient (Wildman–Crippen LogP) is 3.70. The van der Waals surface area contributed by atoms with E-state index in [1.807, 2.05) is 45.0 Å². The van der Waals surface area contributed by atoms with Crippen molar-refractivity contribution in [3.63, 3.8) is 0 Å². The zero-order chi connectivity index (χ0) is 24.0. The van der Waals surface area contributed by atoms with Crippen LogP contribution in [-0.2, 0) is 4.79 Å². The number of carbonyl (C=O) groups excluding carboxylic acids is 3. The first-order valence-corrected chi connectivity index (χ1v) is 11.5. The largest absolute Gasteiger partial charge is 0.352 e. The third-order valence-corrected chi connectivity index (χ3v) is 6.29. The van der Waals surface area contributed by atoms with Gasteiger partial charge in [-0.2, -0.15) is 0 Å². The Balaban J connectivity index is 1.71. The van der Waals surface area contributed by atoms with Gasteiger partial charge in [0.2, 0.25) is 5.91 Å². The summed E-state index contributed by atoms with van der Waals surface area (Å²) >= 11 is 0. The van der Waals surface area contributed by atoms with Crippen LogP contribution >= 0.6 is 0 Å². The number of amides is 3. The van der Waals surface area contributed by atoms with E-state index >= 15 is 0 Å². The van der Waals surface area contributed by atoms with E-state index in [1.54, 1.807) is 11.0 Å². The Labute approximate surface area is 194 Å². The van der Waals surface area contributed by atoms with Crippen LogP contribution in [0, 0.1) is 18.7 Å². The molecule has 2 N–H and O–H groups in total. The summed E-state index contributed by atoms with van der Waals surface area (Å²) in [6, 6.07) is 12.3. The summed E-state index contributed by atoms with van der Waals surface area (Å²) < 4.78 is 14.1. The van der Waals surface area contributed by atoms with Crippen molar-refractivity contribution in [3.05, 3.63) is 71.0 Å². The number of likely N-dealkylation sites (tertiary alicyclic amines) is 1. The molecule has 0 unspecified atom stereocenters. The van der Waals surface area contributed by atoms with Crippen molar-refractivity contribution in [2.24, 2.45) is 5.92 Å². The molecule has 7 heteroatoms. The molecule has 1 heterocycles. The molecule has 176 valence electrons. The second-order valence-corrected chi connectivity index (χ2v) is 8.74. The normalized spacial score (nSPS) is 16.1. The van der Waals surface area contributed by atoms with E-state index in [0.717, 1.165) is 12.0 Å². The minimum absolute atomic E-state index is 0.0375. The standard InChI is InChI=1S/C26H32FN3O3/c1-4-18(3)28-25(32)23(29-24(31)21-7-5-6-8-22(21)27)19-13-15-30(16-14-19)26(33)20-11-9-17(2)10-12-20/h5-12,18-19,23H,4,13-16H2,1-3H3,(H,28,32)(H,29,31)/t18-,23+/m0/s1. The number of hydrogen-bond acceptors (Lipinski definition) is 3. The lowest BCUT2D eigenvalue weighted by molar-refractivity contribution is -0.125. The highest BCUT2D eigenvalue weighted by atomic mass is 19.1. The van der Waals surface area contributed by atoms with Crippen molar-refractivity contribution in [2.75, 3.05) is 13.1 Å². The lowest BCUT2D eigenvalue weighted by Crippen LogP contribution is -2.55. The molecule has 1 aliphatic heterocycles. The molecule has 2 aromatic carbocycles. The van der Waals surface area contributed by atoms with Gasteiger partial charge in [-0.15, -0.1) is 0 Å². The van der Waals surface area contributed by atoms with Crippen LogP contribution in [0.3, 0.4) is 0 Å². The van der Waals surface area contributed by atoms with Crippen LogP contribution in [0.2, 0.25) is 0 Å². The number of piperidine rings is 1. The number of aryl methyl sites for hydroxylation is 1. The van der Waals surface area contributed by atoms with Crippen LogP contribution < -0.4 is 10.6 Å². The molecule has 3 amide bonds. The molecule has 0 saturated carbocycles. The van der Waals surface area contributed by atoms with Gasteiger partial charge in [-0.05, 0) is 63.3 Å². The summed E-state index contributed by atoms with van der Waals surface area (Å²) in [6.45, 7) is 6.81. The molecule has 2 aromatic rings. The van der Waals surface area contributed by atoms with Gasteiger partial charge in [0.05, 0.1) is 5.56 Å². The van der Waals surface area contributed by atoms with Crippen molar-refractivity contribution < 1.29 is 18.8 Å². The first kappa shape index (κ1) is 24.4. The first-order valence-electron chi connectivity index (χ1n) is 11.5. The smallest absolute Gasteiger partial charge is 0.254 e. The Morgan fingerprint density at radius 2 is 1.67 bits per heavy atom. The van der Waals surface area contributed by atoms with Crippen LogP contribution in [0.4, 0.5) is 4.39 Å². The van der Waals surface area contributed by atoms with E-state index in [2.05, 4.69) is 10.6 Å². The SMILES string of the molecule is CC[C@H](C)NC(=O)[C@H](NC(=O)c1ccccc1F)C1CCN(C(=O)c2ccc(C)cc2)CC1. The monoisotopic (exact) mass is 453 g/mol. The molecule has 0 aromatic heterocycles. The molecule has 1 aliphatic rings. The van der Waals surface area contributed by atoms with Crippen LogP contribution in [0.25, 0.3) is 0 Å². The van der Waals surface area contributed by atoms with Crippen LogP contribution in [0.15, 0.2) is 48.5 Å². The van der Waals surface area contributed by atoms with E-state index in [0.29, 0.717) is 31.5 Å². The topological polar surface area (TPSA) is 78.5 Å². The zero-order valence-electron chi connectivity index (χ0n) is 19.4. The summed E-state index contributed by atoms with van der Waals surface area (Å²) in [5.74, 6) is -1.72. The Hall–Kier alpha value is -3.22. The maximum absolute atomic E-state index is 14.1. The third-order valence-electron chi connectivity index (χ3n) is 6.29. The van der Waals surface area contributed by atoms with Crippen molar-refractivity contribution >= 4 is 17.7 Å². The second kappa shape index (κ2) is 11.1. The van der Waals surface area contributed by atoms with Gasteiger partial charge in [-0.1, -0.05) is 36.8 Å². The minimum Gasteiger partial charge on any atom is -0.352 e. The van der Waals surface area contributed by atoms with Crippen LogP contribution in [-0.4, -0.2) is 47.8 Å². The first-order chi connectivity index (χ1) is 15.8. The fraction of sp³-hybridized carbons (Fsp3) is 0.423. The quantitative estimate of drug-likeness (QED) is 0.671. The number of nitrogens with one attached hydrogen (secondary N) is 2. The Morgan fingerprint density at radius 3 is 2.27 bits per heavy atom. The summed E-state index contributed by atoms with van der Waals surface area (Å²) in [7, 11) is 0. The fourth-order valence-electron chi connectivity index (χ4n) is 4.01. The number of halogens is 1. The van der Waals surface area contributed by atoms with Gasteiger partial charge in [-0.25, -0.2) is 4.39 Å². The van der Waals surface area contributed by atoms with Crippen molar-refractivity contribution in [1.29, 1.82) is 0 Å². The minimum atomic E-state index is -0.803. The molecule has 0 spiro atoms. The second-order valence-electron chi connectivity index (χ2n) is 8.74. The molecule has 0 radical (unpaired) electrons. The van der Waals surface area contributed by atoms with E-state index in [1.165, 1.54) is 18.2 Å². The number of benzene rings is 2. The van der Waals surface area contributed by atoms with E-state index in [9.17, 15) is 18.8 Å². The lowest BCUT2D eigenvalue weighted by atomic mass is 9.88. The summed E-state index contributed by atoms with van der Waals surface area (Å²) in [4.78, 5) is 40.4. The van der Waals surface area contributed by atoms with Crippen LogP contribution in [0.5, 0.6) is 0 Å². The number of carbonyl (C=O) groups is 3. The number of rotatable bonds is 7. The molecule has 0 aliphatic carbocycles. The van der Waals surface area contributed by atoms with Gasteiger partial charge >= 0.3 is 0 Å². The maximum atomic E-state index is 14.1. The van der Waals surface area contributed by atoms with E-state index < -0.39 is 17.8 Å². The van der Waals surface area contributed by atoms with Gasteiger partial charge in [0.1, 0.15) is 11.9 Å². The molecular formula is C26H32FN3O3.